The minimum absolute atomic E-state index is 0.112. The van der Waals surface area contributed by atoms with Crippen molar-refractivity contribution in [2.45, 2.75) is 18.9 Å². The van der Waals surface area contributed by atoms with Crippen LogP contribution in [0.2, 0.25) is 0 Å². The van der Waals surface area contributed by atoms with Gasteiger partial charge in [-0.2, -0.15) is 0 Å². The average Bonchev–Trinajstić information content (AvgIpc) is 3.21. The third-order valence-corrected chi connectivity index (χ3v) is 6.08. The smallest absolute Gasteiger partial charge is 0.254 e. The summed E-state index contributed by atoms with van der Waals surface area (Å²) in [5.74, 6) is -1.35. The van der Waals surface area contributed by atoms with E-state index in [0.717, 1.165) is 4.88 Å². The predicted molar refractivity (Wildman–Crippen MR) is 108 cm³/mol. The van der Waals surface area contributed by atoms with E-state index in [1.807, 2.05) is 29.6 Å². The zero-order chi connectivity index (χ0) is 19.8. The first-order valence-corrected chi connectivity index (χ1v) is 9.82. The molecule has 0 radical (unpaired) electrons. The number of hydrogen-bond acceptors (Lipinski definition) is 3. The van der Waals surface area contributed by atoms with Crippen molar-refractivity contribution in [2.24, 2.45) is 0 Å². The number of nitrogens with zero attached hydrogens (tertiary/aromatic N) is 1. The highest BCUT2D eigenvalue weighted by Gasteiger charge is 2.43. The van der Waals surface area contributed by atoms with E-state index < -0.39 is 12.0 Å². The second-order valence-corrected chi connectivity index (χ2v) is 7.87. The minimum atomic E-state index is -0.595. The number of benzene rings is 2. The number of amides is 2. The van der Waals surface area contributed by atoms with Crippen LogP contribution in [0.25, 0.3) is 0 Å². The van der Waals surface area contributed by atoms with Gasteiger partial charge in [-0.05, 0) is 47.7 Å². The molecule has 142 valence electrons. The van der Waals surface area contributed by atoms with E-state index in [1.165, 1.54) is 17.4 Å². The third kappa shape index (κ3) is 3.10. The quantitative estimate of drug-likeness (QED) is 0.697. The molecule has 4 rings (SSSR count). The maximum atomic E-state index is 13.9. The van der Waals surface area contributed by atoms with Crippen LogP contribution in [0.3, 0.4) is 0 Å². The molecule has 2 heterocycles. The zero-order valence-corrected chi connectivity index (χ0v) is 16.3. The SMILES string of the molecule is Cc1ccc(NC(=O)[C@@H]2c3ccccc3C(=O)N(C)[C@@H]2c2cccs2)cc1F. The number of carbonyl (C=O) groups is 2. The first kappa shape index (κ1) is 18.4. The normalized spacial score (nSPS) is 18.7. The lowest BCUT2D eigenvalue weighted by atomic mass is 9.81. The topological polar surface area (TPSA) is 49.4 Å². The second kappa shape index (κ2) is 7.20. The van der Waals surface area contributed by atoms with Gasteiger partial charge in [-0.25, -0.2) is 4.39 Å². The standard InChI is InChI=1S/C22H19FN2O2S/c1-13-9-10-14(12-17(13)23)24-21(26)19-15-6-3-4-7-16(15)22(27)25(2)20(19)18-8-5-11-28-18/h3-12,19-20H,1-2H3,(H,24,26)/t19-,20-/m1/s1. The third-order valence-electron chi connectivity index (χ3n) is 5.14. The molecule has 0 fully saturated rings. The molecule has 0 aliphatic carbocycles. The van der Waals surface area contributed by atoms with Gasteiger partial charge in [0.05, 0.1) is 12.0 Å². The molecule has 0 spiro atoms. The number of anilines is 1. The molecule has 1 aromatic heterocycles. The molecule has 0 saturated heterocycles. The fourth-order valence-electron chi connectivity index (χ4n) is 3.66. The number of likely N-dealkylation sites (N-methyl/N-ethyl adjacent to an activating group) is 1. The van der Waals surface area contributed by atoms with Crippen LogP contribution in [0.4, 0.5) is 10.1 Å². The van der Waals surface area contributed by atoms with Crippen LogP contribution >= 0.6 is 11.3 Å². The highest BCUT2D eigenvalue weighted by molar-refractivity contribution is 7.10. The minimum Gasteiger partial charge on any atom is -0.333 e. The molecule has 1 aliphatic rings. The lowest BCUT2D eigenvalue weighted by molar-refractivity contribution is -0.119. The fourth-order valence-corrected chi connectivity index (χ4v) is 4.57. The Kier molecular flexibility index (Phi) is 4.73. The van der Waals surface area contributed by atoms with E-state index >= 15 is 0 Å². The summed E-state index contributed by atoms with van der Waals surface area (Å²) < 4.78 is 13.9. The summed E-state index contributed by atoms with van der Waals surface area (Å²) in [5, 5.41) is 4.76. The predicted octanol–water partition coefficient (Wildman–Crippen LogP) is 4.74. The fraction of sp³-hybridized carbons (Fsp3) is 0.182. The van der Waals surface area contributed by atoms with E-state index in [1.54, 1.807) is 43.1 Å². The maximum Gasteiger partial charge on any atom is 0.254 e. The van der Waals surface area contributed by atoms with E-state index in [0.29, 0.717) is 22.4 Å². The van der Waals surface area contributed by atoms with Crippen molar-refractivity contribution in [3.05, 3.63) is 87.4 Å². The van der Waals surface area contributed by atoms with Gasteiger partial charge >= 0.3 is 0 Å². The Morgan fingerprint density at radius 1 is 1.14 bits per heavy atom. The van der Waals surface area contributed by atoms with Crippen molar-refractivity contribution in [1.29, 1.82) is 0 Å². The summed E-state index contributed by atoms with van der Waals surface area (Å²) in [6, 6.07) is 15.2. The number of halogens is 1. The molecule has 2 aromatic carbocycles. The number of aryl methyl sites for hydroxylation is 1. The Morgan fingerprint density at radius 3 is 2.64 bits per heavy atom. The lowest BCUT2D eigenvalue weighted by Crippen LogP contribution is -2.43. The van der Waals surface area contributed by atoms with Crippen LogP contribution in [0.1, 0.15) is 38.3 Å². The first-order valence-electron chi connectivity index (χ1n) is 8.94. The van der Waals surface area contributed by atoms with Gasteiger partial charge in [0.1, 0.15) is 5.82 Å². The van der Waals surface area contributed by atoms with Crippen molar-refractivity contribution in [2.75, 3.05) is 12.4 Å². The molecule has 1 N–H and O–H groups in total. The molecule has 4 nitrogen and oxygen atoms in total. The molecule has 2 atom stereocenters. The number of nitrogens with one attached hydrogen (secondary N) is 1. The molecule has 3 aromatic rings. The van der Waals surface area contributed by atoms with Crippen LogP contribution in [-0.4, -0.2) is 23.8 Å². The number of thiophene rings is 1. The van der Waals surface area contributed by atoms with E-state index in [2.05, 4.69) is 5.32 Å². The molecule has 0 unspecified atom stereocenters. The van der Waals surface area contributed by atoms with Gasteiger partial charge in [0.2, 0.25) is 5.91 Å². The monoisotopic (exact) mass is 394 g/mol. The summed E-state index contributed by atoms with van der Waals surface area (Å²) in [6.45, 7) is 1.67. The number of rotatable bonds is 3. The number of carbonyl (C=O) groups excluding carboxylic acids is 2. The average molecular weight is 394 g/mol. The van der Waals surface area contributed by atoms with Gasteiger partial charge in [-0.3, -0.25) is 9.59 Å². The van der Waals surface area contributed by atoms with E-state index in [4.69, 9.17) is 0 Å². The van der Waals surface area contributed by atoms with E-state index in [-0.39, 0.29) is 17.6 Å². The molecule has 1 aliphatic heterocycles. The van der Waals surface area contributed by atoms with Gasteiger partial charge in [0.15, 0.2) is 0 Å². The van der Waals surface area contributed by atoms with Crippen molar-refractivity contribution >= 4 is 28.8 Å². The summed E-state index contributed by atoms with van der Waals surface area (Å²) in [7, 11) is 1.72. The van der Waals surface area contributed by atoms with Crippen LogP contribution in [0.15, 0.2) is 60.0 Å². The van der Waals surface area contributed by atoms with Crippen LogP contribution in [-0.2, 0) is 4.79 Å². The van der Waals surface area contributed by atoms with Crippen LogP contribution in [0.5, 0.6) is 0 Å². The summed E-state index contributed by atoms with van der Waals surface area (Å²) in [4.78, 5) is 28.7. The number of fused-ring (bicyclic) bond motifs is 1. The molecule has 28 heavy (non-hydrogen) atoms. The Hall–Kier alpha value is -2.99. The molecule has 6 heteroatoms. The zero-order valence-electron chi connectivity index (χ0n) is 15.5. The Bertz CT molecular complexity index is 1050. The summed E-state index contributed by atoms with van der Waals surface area (Å²) in [6.07, 6.45) is 0. The van der Waals surface area contributed by atoms with Crippen molar-refractivity contribution in [3.63, 3.8) is 0 Å². The van der Waals surface area contributed by atoms with E-state index in [9.17, 15) is 14.0 Å². The van der Waals surface area contributed by atoms with Crippen molar-refractivity contribution in [1.82, 2.24) is 4.90 Å². The Morgan fingerprint density at radius 2 is 1.93 bits per heavy atom. The molecule has 0 saturated carbocycles. The Labute approximate surface area is 166 Å². The van der Waals surface area contributed by atoms with Gasteiger partial charge in [-0.1, -0.05) is 30.3 Å². The molecular formula is C22H19FN2O2S. The van der Waals surface area contributed by atoms with Gasteiger partial charge in [0.25, 0.3) is 5.91 Å². The van der Waals surface area contributed by atoms with Crippen LogP contribution in [0, 0.1) is 12.7 Å². The largest absolute Gasteiger partial charge is 0.333 e. The summed E-state index contributed by atoms with van der Waals surface area (Å²) in [5.41, 5.74) is 2.12. The van der Waals surface area contributed by atoms with Crippen molar-refractivity contribution < 1.29 is 14.0 Å². The van der Waals surface area contributed by atoms with Gasteiger partial charge < -0.3 is 10.2 Å². The van der Waals surface area contributed by atoms with Gasteiger partial charge in [-0.15, -0.1) is 11.3 Å². The molecule has 0 bridgehead atoms. The maximum absolute atomic E-state index is 13.9. The Balaban J connectivity index is 1.78. The number of hydrogen-bond donors (Lipinski definition) is 1. The molecular weight excluding hydrogens is 375 g/mol. The lowest BCUT2D eigenvalue weighted by Gasteiger charge is -2.39. The first-order chi connectivity index (χ1) is 13.5. The highest BCUT2D eigenvalue weighted by atomic mass is 32.1. The van der Waals surface area contributed by atoms with Gasteiger partial charge in [0, 0.05) is 23.2 Å². The van der Waals surface area contributed by atoms with Crippen molar-refractivity contribution in [3.8, 4) is 0 Å². The second-order valence-electron chi connectivity index (χ2n) is 6.89. The summed E-state index contributed by atoms with van der Waals surface area (Å²) >= 11 is 1.51. The highest BCUT2D eigenvalue weighted by Crippen LogP contribution is 2.43. The van der Waals surface area contributed by atoms with Crippen LogP contribution < -0.4 is 5.32 Å². The molecule has 2 amide bonds.